The van der Waals surface area contributed by atoms with Crippen LogP contribution in [0.2, 0.25) is 0 Å². The van der Waals surface area contributed by atoms with Crippen LogP contribution < -0.4 is 0 Å². The van der Waals surface area contributed by atoms with E-state index in [9.17, 15) is 8.42 Å². The summed E-state index contributed by atoms with van der Waals surface area (Å²) in [6.07, 6.45) is 1.61. The summed E-state index contributed by atoms with van der Waals surface area (Å²) in [7, 11) is -3.31. The van der Waals surface area contributed by atoms with Crippen molar-refractivity contribution in [3.05, 3.63) is 35.9 Å². The zero-order valence-corrected chi connectivity index (χ0v) is 13.1. The summed E-state index contributed by atoms with van der Waals surface area (Å²) in [4.78, 5) is 0. The molecule has 3 nitrogen and oxygen atoms in total. The molecule has 0 fully saturated rings. The minimum Gasteiger partial charge on any atom is -0.212 e. The standard InChI is InChI=1S/C14H22ClNO2S/c1-3-14(4-2)16(11-10-15)19(17,18)12-13-8-6-5-7-9-13/h5-9,14H,3-4,10-12H2,1-2H3. The van der Waals surface area contributed by atoms with Gasteiger partial charge < -0.3 is 0 Å². The molecule has 0 amide bonds. The van der Waals surface area contributed by atoms with E-state index in [1.807, 2.05) is 44.2 Å². The molecule has 0 atom stereocenters. The molecule has 0 radical (unpaired) electrons. The van der Waals surface area contributed by atoms with Gasteiger partial charge in [-0.2, -0.15) is 4.31 Å². The van der Waals surface area contributed by atoms with Gasteiger partial charge in [0.15, 0.2) is 0 Å². The van der Waals surface area contributed by atoms with Crippen LogP contribution in [0.15, 0.2) is 30.3 Å². The molecule has 0 aliphatic heterocycles. The molecule has 0 aliphatic carbocycles. The predicted octanol–water partition coefficient (Wildman–Crippen LogP) is 3.25. The van der Waals surface area contributed by atoms with Crippen molar-refractivity contribution in [2.24, 2.45) is 0 Å². The summed E-state index contributed by atoms with van der Waals surface area (Å²) in [6, 6.07) is 9.30. The molecule has 0 N–H and O–H groups in total. The van der Waals surface area contributed by atoms with E-state index in [2.05, 4.69) is 0 Å². The van der Waals surface area contributed by atoms with E-state index in [0.717, 1.165) is 18.4 Å². The second-order valence-electron chi connectivity index (χ2n) is 4.51. The van der Waals surface area contributed by atoms with Crippen LogP contribution >= 0.6 is 11.6 Å². The first-order chi connectivity index (χ1) is 9.05. The zero-order valence-electron chi connectivity index (χ0n) is 11.5. The maximum absolute atomic E-state index is 12.5. The first-order valence-corrected chi connectivity index (χ1v) is 8.78. The van der Waals surface area contributed by atoms with Gasteiger partial charge in [-0.3, -0.25) is 0 Å². The van der Waals surface area contributed by atoms with Crippen LogP contribution in [0, 0.1) is 0 Å². The fourth-order valence-corrected chi connectivity index (χ4v) is 4.38. The van der Waals surface area contributed by atoms with Crippen molar-refractivity contribution in [2.75, 3.05) is 12.4 Å². The Hall–Kier alpha value is -0.580. The molecule has 0 bridgehead atoms. The van der Waals surface area contributed by atoms with Crippen LogP contribution in [0.25, 0.3) is 0 Å². The molecule has 108 valence electrons. The molecule has 1 aromatic carbocycles. The van der Waals surface area contributed by atoms with Gasteiger partial charge in [-0.1, -0.05) is 44.2 Å². The highest BCUT2D eigenvalue weighted by molar-refractivity contribution is 7.88. The first kappa shape index (κ1) is 16.5. The monoisotopic (exact) mass is 303 g/mol. The summed E-state index contributed by atoms with van der Waals surface area (Å²) >= 11 is 5.76. The minimum absolute atomic E-state index is 0.0347. The average molecular weight is 304 g/mol. The largest absolute Gasteiger partial charge is 0.218 e. The van der Waals surface area contributed by atoms with Crippen LogP contribution in [-0.2, 0) is 15.8 Å². The number of hydrogen-bond donors (Lipinski definition) is 0. The third-order valence-corrected chi connectivity index (χ3v) is 5.27. The van der Waals surface area contributed by atoms with E-state index in [1.165, 1.54) is 0 Å². The Morgan fingerprint density at radius 1 is 1.16 bits per heavy atom. The molecule has 1 aromatic rings. The average Bonchev–Trinajstić information content (AvgIpc) is 2.39. The third kappa shape index (κ3) is 4.79. The fraction of sp³-hybridized carbons (Fsp3) is 0.571. The molecular weight excluding hydrogens is 282 g/mol. The Morgan fingerprint density at radius 2 is 1.74 bits per heavy atom. The van der Waals surface area contributed by atoms with Crippen LogP contribution in [0.3, 0.4) is 0 Å². The van der Waals surface area contributed by atoms with Crippen molar-refractivity contribution in [1.29, 1.82) is 0 Å². The number of benzene rings is 1. The van der Waals surface area contributed by atoms with Crippen LogP contribution in [0.4, 0.5) is 0 Å². The highest BCUT2D eigenvalue weighted by Gasteiger charge is 2.27. The van der Waals surface area contributed by atoms with Gasteiger partial charge in [0.1, 0.15) is 0 Å². The molecule has 0 heterocycles. The van der Waals surface area contributed by atoms with Gasteiger partial charge in [-0.05, 0) is 18.4 Å². The summed E-state index contributed by atoms with van der Waals surface area (Å²) < 4.78 is 26.6. The second-order valence-corrected chi connectivity index (χ2v) is 6.81. The molecule has 5 heteroatoms. The molecule has 0 aliphatic rings. The lowest BCUT2D eigenvalue weighted by molar-refractivity contribution is 0.316. The topological polar surface area (TPSA) is 37.4 Å². The lowest BCUT2D eigenvalue weighted by Gasteiger charge is -2.29. The summed E-state index contributed by atoms with van der Waals surface area (Å²) in [5.41, 5.74) is 0.813. The SMILES string of the molecule is CCC(CC)N(CCCl)S(=O)(=O)Cc1ccccc1. The van der Waals surface area contributed by atoms with Gasteiger partial charge in [0, 0.05) is 18.5 Å². The Labute approximate surface area is 121 Å². The van der Waals surface area contributed by atoms with E-state index >= 15 is 0 Å². The number of rotatable bonds is 8. The lowest BCUT2D eigenvalue weighted by Crippen LogP contribution is -2.41. The first-order valence-electron chi connectivity index (χ1n) is 6.64. The molecule has 0 unspecified atom stereocenters. The Kier molecular flexibility index (Phi) is 6.83. The molecule has 0 spiro atoms. The number of nitrogens with zero attached hydrogens (tertiary/aromatic N) is 1. The van der Waals surface area contributed by atoms with Crippen molar-refractivity contribution in [3.63, 3.8) is 0 Å². The maximum Gasteiger partial charge on any atom is 0.218 e. The van der Waals surface area contributed by atoms with E-state index in [-0.39, 0.29) is 11.8 Å². The minimum atomic E-state index is -3.31. The summed E-state index contributed by atoms with van der Waals surface area (Å²) in [6.45, 7) is 4.39. The quantitative estimate of drug-likeness (QED) is 0.691. The Balaban J connectivity index is 2.93. The van der Waals surface area contributed by atoms with Crippen molar-refractivity contribution in [3.8, 4) is 0 Å². The van der Waals surface area contributed by atoms with Gasteiger partial charge in [0.2, 0.25) is 10.0 Å². The van der Waals surface area contributed by atoms with Crippen LogP contribution in [-0.4, -0.2) is 31.2 Å². The molecule has 0 saturated heterocycles. The van der Waals surface area contributed by atoms with Gasteiger partial charge in [-0.25, -0.2) is 8.42 Å². The smallest absolute Gasteiger partial charge is 0.212 e. The summed E-state index contributed by atoms with van der Waals surface area (Å²) in [5.74, 6) is 0.367. The van der Waals surface area contributed by atoms with Crippen molar-refractivity contribution >= 4 is 21.6 Å². The lowest BCUT2D eigenvalue weighted by atomic mass is 10.2. The fourth-order valence-electron chi connectivity index (χ4n) is 2.20. The van der Waals surface area contributed by atoms with Crippen LogP contribution in [0.5, 0.6) is 0 Å². The highest BCUT2D eigenvalue weighted by Crippen LogP contribution is 2.18. The number of halogens is 1. The van der Waals surface area contributed by atoms with Gasteiger partial charge >= 0.3 is 0 Å². The van der Waals surface area contributed by atoms with Gasteiger partial charge in [0.25, 0.3) is 0 Å². The molecule has 19 heavy (non-hydrogen) atoms. The molecule has 0 aromatic heterocycles. The van der Waals surface area contributed by atoms with Gasteiger partial charge in [-0.15, -0.1) is 11.6 Å². The number of hydrogen-bond acceptors (Lipinski definition) is 2. The Bertz CT molecular complexity index is 458. The number of sulfonamides is 1. The van der Waals surface area contributed by atoms with Crippen molar-refractivity contribution in [2.45, 2.75) is 38.5 Å². The molecular formula is C14H22ClNO2S. The van der Waals surface area contributed by atoms with E-state index < -0.39 is 10.0 Å². The third-order valence-electron chi connectivity index (χ3n) is 3.20. The second kappa shape index (κ2) is 7.88. The van der Waals surface area contributed by atoms with Crippen molar-refractivity contribution < 1.29 is 8.42 Å². The Morgan fingerprint density at radius 3 is 2.21 bits per heavy atom. The van der Waals surface area contributed by atoms with Crippen molar-refractivity contribution in [1.82, 2.24) is 4.31 Å². The normalized spacial score (nSPS) is 12.3. The van der Waals surface area contributed by atoms with E-state index in [0.29, 0.717) is 12.4 Å². The predicted molar refractivity (Wildman–Crippen MR) is 80.9 cm³/mol. The summed E-state index contributed by atoms with van der Waals surface area (Å²) in [5, 5.41) is 0. The van der Waals surface area contributed by atoms with Gasteiger partial charge in [0.05, 0.1) is 5.75 Å². The molecule has 0 saturated carbocycles. The van der Waals surface area contributed by atoms with E-state index in [1.54, 1.807) is 4.31 Å². The molecule has 1 rings (SSSR count). The zero-order chi connectivity index (χ0) is 14.3. The van der Waals surface area contributed by atoms with Crippen LogP contribution in [0.1, 0.15) is 32.3 Å². The number of alkyl halides is 1. The maximum atomic E-state index is 12.5. The van der Waals surface area contributed by atoms with E-state index in [4.69, 9.17) is 11.6 Å². The highest BCUT2D eigenvalue weighted by atomic mass is 35.5.